The lowest BCUT2D eigenvalue weighted by atomic mass is 10.3. The third kappa shape index (κ3) is 3.38. The highest BCUT2D eigenvalue weighted by Crippen LogP contribution is 2.23. The summed E-state index contributed by atoms with van der Waals surface area (Å²) < 4.78 is 0. The van der Waals surface area contributed by atoms with Gasteiger partial charge in [0.25, 0.3) is 0 Å². The van der Waals surface area contributed by atoms with E-state index >= 15 is 0 Å². The van der Waals surface area contributed by atoms with Gasteiger partial charge < -0.3 is 10.4 Å². The van der Waals surface area contributed by atoms with E-state index in [0.29, 0.717) is 11.7 Å². The molecule has 20 heavy (non-hydrogen) atoms. The quantitative estimate of drug-likeness (QED) is 0.518. The number of carboxylic acid groups (broad SMARTS) is 1. The number of aromatic carboxylic acids is 1. The number of nitrogens with zero attached hydrogens (tertiary/aromatic N) is 3. The minimum absolute atomic E-state index is 0.162. The van der Waals surface area contributed by atoms with Crippen molar-refractivity contribution in [3.63, 3.8) is 0 Å². The molecule has 2 heterocycles. The number of anilines is 1. The van der Waals surface area contributed by atoms with Crippen LogP contribution in [0.2, 0.25) is 0 Å². The molecule has 2 rings (SSSR count). The van der Waals surface area contributed by atoms with Crippen molar-refractivity contribution < 1.29 is 14.7 Å². The monoisotopic (exact) mass is 295 g/mol. The van der Waals surface area contributed by atoms with Gasteiger partial charge in [0.15, 0.2) is 16.6 Å². The van der Waals surface area contributed by atoms with Gasteiger partial charge in [0, 0.05) is 19.9 Å². The highest BCUT2D eigenvalue weighted by molar-refractivity contribution is 7.17. The maximum absolute atomic E-state index is 11.3. The number of Topliss-reactive ketones (excluding diaryl/α,β-unsaturated/α-hetero) is 1. The number of aryl methyl sites for hydroxylation is 1. The first-order valence-electron chi connectivity index (χ1n) is 5.91. The van der Waals surface area contributed by atoms with Crippen LogP contribution in [-0.4, -0.2) is 43.6 Å². The van der Waals surface area contributed by atoms with Crippen LogP contribution in [0, 0.1) is 0 Å². The molecule has 9 heteroatoms. The molecule has 0 spiro atoms. The maximum Gasteiger partial charge on any atom is 0.356 e. The highest BCUT2D eigenvalue weighted by atomic mass is 32.1. The molecular formula is C11H13N5O3S. The van der Waals surface area contributed by atoms with Crippen LogP contribution in [-0.2, 0) is 6.42 Å². The second-order valence-electron chi connectivity index (χ2n) is 4.02. The van der Waals surface area contributed by atoms with Crippen LogP contribution in [0.4, 0.5) is 5.13 Å². The van der Waals surface area contributed by atoms with Gasteiger partial charge in [0.05, 0.1) is 0 Å². The molecule has 0 radical (unpaired) electrons. The van der Waals surface area contributed by atoms with Crippen molar-refractivity contribution in [3.05, 3.63) is 22.7 Å². The lowest BCUT2D eigenvalue weighted by Crippen LogP contribution is -2.05. The Morgan fingerprint density at radius 1 is 1.50 bits per heavy atom. The largest absolute Gasteiger partial charge is 0.476 e. The van der Waals surface area contributed by atoms with Gasteiger partial charge >= 0.3 is 5.97 Å². The van der Waals surface area contributed by atoms with Crippen molar-refractivity contribution in [2.24, 2.45) is 0 Å². The van der Waals surface area contributed by atoms with E-state index in [0.717, 1.165) is 30.0 Å². The summed E-state index contributed by atoms with van der Waals surface area (Å²) in [6, 6.07) is 0. The first-order chi connectivity index (χ1) is 9.58. The number of carbonyl (C=O) groups excluding carboxylic acids is 1. The van der Waals surface area contributed by atoms with Crippen LogP contribution in [0.3, 0.4) is 0 Å². The minimum atomic E-state index is -1.19. The van der Waals surface area contributed by atoms with Gasteiger partial charge in [-0.15, -0.1) is 0 Å². The Kier molecular flexibility index (Phi) is 4.41. The van der Waals surface area contributed by atoms with E-state index in [1.54, 1.807) is 0 Å². The molecule has 0 unspecified atom stereocenters. The van der Waals surface area contributed by atoms with Crippen LogP contribution in [0.15, 0.2) is 6.33 Å². The van der Waals surface area contributed by atoms with Crippen LogP contribution in [0.25, 0.3) is 0 Å². The molecule has 0 saturated carbocycles. The van der Waals surface area contributed by atoms with E-state index in [-0.39, 0.29) is 16.4 Å². The SMILES string of the molecule is CC(=O)c1sc(NCCCc2ncn[nH]2)nc1C(=O)O. The Morgan fingerprint density at radius 2 is 2.30 bits per heavy atom. The van der Waals surface area contributed by atoms with Gasteiger partial charge in [-0.3, -0.25) is 9.89 Å². The predicted molar refractivity (Wildman–Crippen MR) is 72.3 cm³/mol. The van der Waals surface area contributed by atoms with Crippen LogP contribution < -0.4 is 5.32 Å². The third-order valence-corrected chi connectivity index (χ3v) is 3.59. The van der Waals surface area contributed by atoms with Gasteiger partial charge in [-0.2, -0.15) is 5.10 Å². The summed E-state index contributed by atoms with van der Waals surface area (Å²) in [5.41, 5.74) is -0.194. The van der Waals surface area contributed by atoms with Crippen LogP contribution in [0.1, 0.15) is 39.3 Å². The van der Waals surface area contributed by atoms with Gasteiger partial charge in [0.2, 0.25) is 0 Å². The maximum atomic E-state index is 11.3. The number of rotatable bonds is 7. The number of ketones is 1. The molecule has 8 nitrogen and oxygen atoms in total. The van der Waals surface area contributed by atoms with Gasteiger partial charge in [-0.05, 0) is 6.42 Å². The standard InChI is InChI=1S/C11H13N5O3S/c1-6(17)9-8(10(18)19)15-11(20-9)12-4-2-3-7-13-5-14-16-7/h5H,2-4H2,1H3,(H,12,15)(H,18,19)(H,13,14,16). The number of hydrogen-bond acceptors (Lipinski definition) is 7. The Balaban J connectivity index is 1.91. The van der Waals surface area contributed by atoms with E-state index < -0.39 is 5.97 Å². The average molecular weight is 295 g/mol. The number of aromatic nitrogens is 4. The smallest absolute Gasteiger partial charge is 0.356 e. The second-order valence-corrected chi connectivity index (χ2v) is 5.02. The topological polar surface area (TPSA) is 121 Å². The zero-order valence-corrected chi connectivity index (χ0v) is 11.5. The zero-order valence-electron chi connectivity index (χ0n) is 10.7. The predicted octanol–water partition coefficient (Wildman–Crippen LogP) is 1.21. The fourth-order valence-electron chi connectivity index (χ4n) is 1.58. The summed E-state index contributed by atoms with van der Waals surface area (Å²) >= 11 is 1.06. The molecule has 2 aromatic heterocycles. The number of thiazole rings is 1. The summed E-state index contributed by atoms with van der Waals surface area (Å²) in [4.78, 5) is 30.4. The van der Waals surface area contributed by atoms with E-state index in [1.807, 2.05) is 0 Å². The Hall–Kier alpha value is -2.29. The van der Waals surface area contributed by atoms with Gasteiger partial charge in [-0.25, -0.2) is 14.8 Å². The minimum Gasteiger partial charge on any atom is -0.476 e. The Bertz CT molecular complexity index is 576. The fourth-order valence-corrected chi connectivity index (χ4v) is 2.46. The molecule has 0 saturated heterocycles. The summed E-state index contributed by atoms with van der Waals surface area (Å²) in [6.45, 7) is 1.93. The molecule has 0 aliphatic carbocycles. The molecule has 0 atom stereocenters. The van der Waals surface area contributed by atoms with Crippen LogP contribution >= 0.6 is 11.3 Å². The number of carbonyl (C=O) groups is 2. The average Bonchev–Trinajstić information content (AvgIpc) is 3.04. The number of nitrogens with one attached hydrogen (secondary N) is 2. The normalized spacial score (nSPS) is 10.4. The van der Waals surface area contributed by atoms with E-state index in [9.17, 15) is 9.59 Å². The van der Waals surface area contributed by atoms with E-state index in [2.05, 4.69) is 25.5 Å². The van der Waals surface area contributed by atoms with Crippen LogP contribution in [0.5, 0.6) is 0 Å². The number of hydrogen-bond donors (Lipinski definition) is 3. The second kappa shape index (κ2) is 6.24. The third-order valence-electron chi connectivity index (χ3n) is 2.48. The lowest BCUT2D eigenvalue weighted by molar-refractivity contribution is 0.0687. The Labute approximate surface area is 118 Å². The summed E-state index contributed by atoms with van der Waals surface area (Å²) in [5.74, 6) is -0.697. The fraction of sp³-hybridized carbons (Fsp3) is 0.364. The molecule has 0 aliphatic rings. The molecule has 2 aromatic rings. The summed E-state index contributed by atoms with van der Waals surface area (Å²) in [5, 5.41) is 18.9. The van der Waals surface area contributed by atoms with E-state index in [4.69, 9.17) is 5.11 Å². The van der Waals surface area contributed by atoms with Crippen molar-refractivity contribution in [2.45, 2.75) is 19.8 Å². The first kappa shape index (κ1) is 14.1. The summed E-state index contributed by atoms with van der Waals surface area (Å²) in [7, 11) is 0. The van der Waals surface area contributed by atoms with Crippen molar-refractivity contribution in [1.82, 2.24) is 20.2 Å². The number of carboxylic acids is 1. The van der Waals surface area contributed by atoms with Crippen molar-refractivity contribution in [3.8, 4) is 0 Å². The van der Waals surface area contributed by atoms with Crippen molar-refractivity contribution >= 4 is 28.2 Å². The first-order valence-corrected chi connectivity index (χ1v) is 6.72. The highest BCUT2D eigenvalue weighted by Gasteiger charge is 2.20. The molecule has 0 bridgehead atoms. The lowest BCUT2D eigenvalue weighted by Gasteiger charge is -2.00. The van der Waals surface area contributed by atoms with Gasteiger partial charge in [-0.1, -0.05) is 11.3 Å². The molecule has 0 amide bonds. The summed E-state index contributed by atoms with van der Waals surface area (Å²) in [6.07, 6.45) is 2.96. The van der Waals surface area contributed by atoms with E-state index in [1.165, 1.54) is 13.3 Å². The molecule has 0 aromatic carbocycles. The molecule has 0 aliphatic heterocycles. The molecule has 3 N–H and O–H groups in total. The molecule has 106 valence electrons. The number of aromatic amines is 1. The zero-order chi connectivity index (χ0) is 14.5. The Morgan fingerprint density at radius 3 is 2.85 bits per heavy atom. The van der Waals surface area contributed by atoms with Gasteiger partial charge in [0.1, 0.15) is 17.0 Å². The molecule has 0 fully saturated rings. The molecular weight excluding hydrogens is 282 g/mol. The van der Waals surface area contributed by atoms with Crippen molar-refractivity contribution in [2.75, 3.05) is 11.9 Å². The van der Waals surface area contributed by atoms with Crippen molar-refractivity contribution in [1.29, 1.82) is 0 Å². The number of H-pyrrole nitrogens is 1.